The Bertz CT molecular complexity index is 2250. The Morgan fingerprint density at radius 2 is 1.56 bits per heavy atom. The fourth-order valence-corrected chi connectivity index (χ4v) is 10.7. The zero-order valence-corrected chi connectivity index (χ0v) is 37.2. The number of carbonyl (C=O) groups is 7. The van der Waals surface area contributed by atoms with E-state index in [9.17, 15) is 33.9 Å². The summed E-state index contributed by atoms with van der Waals surface area (Å²) in [6.45, 7) is 11.2. The molecule has 3 saturated carbocycles. The Labute approximate surface area is 370 Å². The largest absolute Gasteiger partial charge is 0.455 e. The Kier molecular flexibility index (Phi) is 12.1. The van der Waals surface area contributed by atoms with Crippen LogP contribution in [0.4, 0.5) is 4.79 Å². The van der Waals surface area contributed by atoms with E-state index < -0.39 is 131 Å². The number of fused-ring (bicyclic) bond motifs is 4. The molecule has 17 heteroatoms. The van der Waals surface area contributed by atoms with Crippen molar-refractivity contribution in [2.75, 3.05) is 13.2 Å². The zero-order valence-electron chi connectivity index (χ0n) is 37.2. The average molecular weight is 889 g/mol. The lowest BCUT2D eigenvalue weighted by Crippen LogP contribution is -2.78. The van der Waals surface area contributed by atoms with Crippen molar-refractivity contribution in [2.24, 2.45) is 28.4 Å². The molecular formula is C47H56N2O15. The van der Waals surface area contributed by atoms with Crippen molar-refractivity contribution in [1.82, 2.24) is 5.32 Å². The van der Waals surface area contributed by atoms with E-state index in [2.05, 4.69) is 5.32 Å². The summed E-state index contributed by atoms with van der Waals surface area (Å²) in [6, 6.07) is 14.7. The molecular weight excluding hydrogens is 833 g/mol. The van der Waals surface area contributed by atoms with Gasteiger partial charge in [-0.05, 0) is 75.3 Å². The van der Waals surface area contributed by atoms with Gasteiger partial charge >= 0.3 is 35.9 Å². The monoisotopic (exact) mass is 888 g/mol. The number of ketones is 1. The lowest BCUT2D eigenvalue weighted by Gasteiger charge is -2.64. The highest BCUT2D eigenvalue weighted by Gasteiger charge is 2.84. The van der Waals surface area contributed by atoms with Crippen molar-refractivity contribution in [3.8, 4) is 0 Å². The number of rotatable bonds is 11. The number of aliphatic hydroxyl groups is 1. The topological polar surface area (TPSA) is 242 Å². The number of hydrogen-bond donors (Lipinski definition) is 3. The summed E-state index contributed by atoms with van der Waals surface area (Å²) in [5.41, 5.74) is -1.50. The quantitative estimate of drug-likeness (QED) is 0.164. The summed E-state index contributed by atoms with van der Waals surface area (Å²) in [5, 5.41) is 16.4. The first-order chi connectivity index (χ1) is 30.0. The van der Waals surface area contributed by atoms with Crippen LogP contribution in [0.15, 0.2) is 71.8 Å². The maximum atomic E-state index is 15.6. The molecule has 344 valence electrons. The molecule has 2 aromatic carbocycles. The van der Waals surface area contributed by atoms with E-state index >= 15 is 4.79 Å². The summed E-state index contributed by atoms with van der Waals surface area (Å²) in [6.07, 6.45) is -8.40. The summed E-state index contributed by atoms with van der Waals surface area (Å²) in [7, 11) is 0. The number of ether oxygens (including phenoxy) is 7. The molecule has 1 saturated heterocycles. The van der Waals surface area contributed by atoms with Gasteiger partial charge in [0.25, 0.3) is 0 Å². The van der Waals surface area contributed by atoms with Gasteiger partial charge in [0.05, 0.1) is 24.6 Å². The highest BCUT2D eigenvalue weighted by molar-refractivity contribution is 5.98. The first-order valence-corrected chi connectivity index (χ1v) is 21.4. The van der Waals surface area contributed by atoms with Crippen molar-refractivity contribution in [2.45, 2.75) is 128 Å². The van der Waals surface area contributed by atoms with E-state index in [-0.39, 0.29) is 29.7 Å². The number of Topliss-reactive ketones (excluding diaryl/α,β-unsaturated/α-hetero) is 1. The van der Waals surface area contributed by atoms with Crippen molar-refractivity contribution in [1.29, 1.82) is 0 Å². The van der Waals surface area contributed by atoms with Gasteiger partial charge in [-0.15, -0.1) is 0 Å². The highest BCUT2D eigenvalue weighted by atomic mass is 16.6. The van der Waals surface area contributed by atoms with E-state index in [1.54, 1.807) is 90.1 Å². The molecule has 5 aliphatic rings. The standard InChI is InChI=1S/C47H56N2O15/c1-24-30(60-41(55)36(61-32(52)22-48)34(27-15-11-9-12-16-27)49-42(56)64-43(4,5)6)21-47(57)39(62-40(54)28-17-13-10-14-18-28)37-45(38(53)35(59-25(2)50)33(24)44(47,7)8)20-29(45)19-31-46(37,23-58-31)63-26(3)51/h9-18,29-31,34-37,39,57H,19-23,48H2,1-8H3,(H,49,56)/t29-,30+,31-,34+,35-,36-,37+,39+,45-,46+,47-/m1/s1. The van der Waals surface area contributed by atoms with Crippen LogP contribution in [-0.4, -0.2) is 107 Å². The van der Waals surface area contributed by atoms with E-state index in [1.807, 2.05) is 0 Å². The van der Waals surface area contributed by atoms with E-state index in [0.717, 1.165) is 6.92 Å². The molecule has 1 spiro atoms. The average Bonchev–Trinajstić information content (AvgIpc) is 3.95. The predicted molar refractivity (Wildman–Crippen MR) is 223 cm³/mol. The molecule has 4 aliphatic carbocycles. The fraction of sp³-hybridized carbons (Fsp3) is 0.553. The molecule has 1 aliphatic heterocycles. The van der Waals surface area contributed by atoms with Crippen LogP contribution in [0.2, 0.25) is 0 Å². The van der Waals surface area contributed by atoms with E-state index in [4.69, 9.17) is 38.9 Å². The number of carbonyl (C=O) groups excluding carboxylic acids is 7. The molecule has 0 radical (unpaired) electrons. The van der Waals surface area contributed by atoms with Crippen LogP contribution in [0.3, 0.4) is 0 Å². The van der Waals surface area contributed by atoms with Crippen molar-refractivity contribution in [3.63, 3.8) is 0 Å². The third kappa shape index (κ3) is 7.95. The van der Waals surface area contributed by atoms with Gasteiger partial charge in [-0.2, -0.15) is 0 Å². The molecule has 17 nitrogen and oxygen atoms in total. The van der Waals surface area contributed by atoms with Crippen LogP contribution < -0.4 is 11.1 Å². The smallest absolute Gasteiger partial charge is 0.408 e. The van der Waals surface area contributed by atoms with Crippen LogP contribution in [0.25, 0.3) is 0 Å². The molecule has 11 atom stereocenters. The van der Waals surface area contributed by atoms with Crippen LogP contribution in [-0.2, 0) is 57.1 Å². The van der Waals surface area contributed by atoms with Gasteiger partial charge in [0.1, 0.15) is 35.6 Å². The number of nitrogens with two attached hydrogens (primary N) is 1. The second-order valence-electron chi connectivity index (χ2n) is 19.0. The first-order valence-electron chi connectivity index (χ1n) is 21.4. The number of nitrogens with one attached hydrogen (secondary N) is 1. The van der Waals surface area contributed by atoms with Gasteiger partial charge in [-0.3, -0.25) is 19.2 Å². The van der Waals surface area contributed by atoms with Crippen LogP contribution in [0.5, 0.6) is 0 Å². The molecule has 1 heterocycles. The maximum absolute atomic E-state index is 15.6. The molecule has 4 fully saturated rings. The van der Waals surface area contributed by atoms with Gasteiger partial charge in [0.15, 0.2) is 17.5 Å². The normalized spacial score (nSPS) is 31.9. The molecule has 2 bridgehead atoms. The molecule has 0 aromatic heterocycles. The highest BCUT2D eigenvalue weighted by Crippen LogP contribution is 2.74. The van der Waals surface area contributed by atoms with Gasteiger partial charge < -0.3 is 49.3 Å². The molecule has 0 unspecified atom stereocenters. The van der Waals surface area contributed by atoms with Crippen molar-refractivity contribution in [3.05, 3.63) is 82.9 Å². The number of alkyl carbamates (subject to hydrolysis) is 1. The first kappa shape index (κ1) is 46.3. The molecule has 2 aromatic rings. The Balaban J connectivity index is 1.40. The van der Waals surface area contributed by atoms with Gasteiger partial charge in [0, 0.05) is 31.1 Å². The molecule has 64 heavy (non-hydrogen) atoms. The van der Waals surface area contributed by atoms with Crippen LogP contribution in [0, 0.1) is 22.7 Å². The number of amides is 1. The second-order valence-corrected chi connectivity index (χ2v) is 19.0. The number of esters is 5. The Morgan fingerprint density at radius 1 is 0.922 bits per heavy atom. The molecule has 4 N–H and O–H groups in total. The lowest BCUT2D eigenvalue weighted by molar-refractivity contribution is -0.323. The minimum Gasteiger partial charge on any atom is -0.455 e. The summed E-state index contributed by atoms with van der Waals surface area (Å²) in [5.74, 6) is -6.83. The molecule has 7 rings (SSSR count). The van der Waals surface area contributed by atoms with Gasteiger partial charge in [0.2, 0.25) is 6.10 Å². The van der Waals surface area contributed by atoms with E-state index in [1.165, 1.54) is 19.1 Å². The Morgan fingerprint density at radius 3 is 2.12 bits per heavy atom. The lowest BCUT2D eigenvalue weighted by atomic mass is 9.48. The van der Waals surface area contributed by atoms with Crippen molar-refractivity contribution >= 4 is 41.7 Å². The van der Waals surface area contributed by atoms with Crippen molar-refractivity contribution < 1.29 is 71.8 Å². The zero-order chi connectivity index (χ0) is 46.7. The number of benzene rings is 2. The second kappa shape index (κ2) is 16.7. The molecule has 1 amide bonds. The van der Waals surface area contributed by atoms with E-state index in [0.29, 0.717) is 12.0 Å². The number of hydrogen-bond acceptors (Lipinski definition) is 16. The minimum atomic E-state index is -2.30. The summed E-state index contributed by atoms with van der Waals surface area (Å²) < 4.78 is 42.0. The third-order valence-electron chi connectivity index (χ3n) is 13.6. The third-order valence-corrected chi connectivity index (χ3v) is 13.6. The van der Waals surface area contributed by atoms with Gasteiger partial charge in [-0.1, -0.05) is 62.4 Å². The predicted octanol–water partition coefficient (Wildman–Crippen LogP) is 3.98. The van der Waals surface area contributed by atoms with Gasteiger partial charge in [-0.25, -0.2) is 14.4 Å². The van der Waals surface area contributed by atoms with Crippen LogP contribution >= 0.6 is 0 Å². The minimum absolute atomic E-state index is 0.0917. The Hall–Kier alpha value is -5.65. The summed E-state index contributed by atoms with van der Waals surface area (Å²) >= 11 is 0. The summed E-state index contributed by atoms with van der Waals surface area (Å²) in [4.78, 5) is 97.1. The fourth-order valence-electron chi connectivity index (χ4n) is 10.7. The van der Waals surface area contributed by atoms with Crippen LogP contribution in [0.1, 0.15) is 96.6 Å². The SMILES string of the molecule is CC(=O)O[C@H]1C(=O)[C@]23C[C@H]2C[C@H]2OC[C@@]2(OC(C)=O)[C@H]3[C@H](OC(=O)c2ccccc2)[C@]2(O)C[C@H](OC(=O)[C@H](OC(=O)CN)[C@@H](NC(=O)OC(C)(C)C)c3ccccc3)C(C)=C1C2(C)C. The maximum Gasteiger partial charge on any atom is 0.408 e.